The monoisotopic (exact) mass is 395 g/mol. The fraction of sp³-hybridized carbons (Fsp3) is 0.182. The Hall–Kier alpha value is -2.99. The highest BCUT2D eigenvalue weighted by molar-refractivity contribution is 8.18. The predicted molar refractivity (Wildman–Crippen MR) is 113 cm³/mol. The molecule has 28 heavy (non-hydrogen) atoms. The van der Waals surface area contributed by atoms with E-state index in [1.165, 1.54) is 11.8 Å². The Labute approximate surface area is 168 Å². The van der Waals surface area contributed by atoms with Gasteiger partial charge in [-0.15, -0.1) is 0 Å². The van der Waals surface area contributed by atoms with Crippen LogP contribution in [0.4, 0.5) is 5.69 Å². The number of rotatable bonds is 6. The van der Waals surface area contributed by atoms with E-state index in [9.17, 15) is 9.90 Å². The molecule has 0 radical (unpaired) electrons. The molecule has 3 rings (SSSR count). The summed E-state index contributed by atoms with van der Waals surface area (Å²) in [7, 11) is 0. The van der Waals surface area contributed by atoms with E-state index in [1.54, 1.807) is 6.92 Å². The zero-order valence-corrected chi connectivity index (χ0v) is 16.5. The van der Waals surface area contributed by atoms with E-state index >= 15 is 0 Å². The summed E-state index contributed by atoms with van der Waals surface area (Å²) in [4.78, 5) is 17.5. The molecular weight excluding hydrogens is 374 g/mol. The van der Waals surface area contributed by atoms with E-state index < -0.39 is 5.97 Å². The molecule has 0 saturated heterocycles. The number of aliphatic imine (C=N–C) groups is 1. The van der Waals surface area contributed by atoms with Gasteiger partial charge in [0.25, 0.3) is 0 Å². The van der Waals surface area contributed by atoms with Crippen molar-refractivity contribution in [2.45, 2.75) is 13.8 Å². The van der Waals surface area contributed by atoms with Gasteiger partial charge in [0.1, 0.15) is 22.1 Å². The zero-order valence-electron chi connectivity index (χ0n) is 15.7. The Morgan fingerprint density at radius 3 is 2.43 bits per heavy atom. The lowest BCUT2D eigenvalue weighted by molar-refractivity contribution is -0.138. The number of benzene rings is 2. The van der Waals surface area contributed by atoms with Gasteiger partial charge in [-0.3, -0.25) is 0 Å². The molecule has 1 aliphatic heterocycles. The molecule has 1 heterocycles. The lowest BCUT2D eigenvalue weighted by Gasteiger charge is -2.03. The molecule has 0 bridgehead atoms. The largest absolute Gasteiger partial charge is 0.506 e. The molecule has 1 aliphatic rings. The number of aliphatic hydroxyl groups is 1. The van der Waals surface area contributed by atoms with Crippen LogP contribution in [0.5, 0.6) is 5.75 Å². The van der Waals surface area contributed by atoms with E-state index in [0.717, 1.165) is 11.3 Å². The second-order valence-electron chi connectivity index (χ2n) is 5.81. The summed E-state index contributed by atoms with van der Waals surface area (Å²) in [6.45, 7) is 4.47. The highest BCUT2D eigenvalue weighted by Crippen LogP contribution is 2.40. The first-order valence-electron chi connectivity index (χ1n) is 8.99. The van der Waals surface area contributed by atoms with Gasteiger partial charge in [-0.2, -0.15) is 0 Å². The molecule has 0 aromatic heterocycles. The molecule has 144 valence electrons. The maximum atomic E-state index is 12.4. The molecule has 0 unspecified atom stereocenters. The van der Waals surface area contributed by atoms with Crippen LogP contribution in [0.3, 0.4) is 0 Å². The third-order valence-electron chi connectivity index (χ3n) is 3.85. The van der Waals surface area contributed by atoms with Crippen LogP contribution in [-0.4, -0.2) is 29.3 Å². The third kappa shape index (κ3) is 4.64. The maximum Gasteiger partial charge on any atom is 0.344 e. The van der Waals surface area contributed by atoms with Crippen molar-refractivity contribution in [2.24, 2.45) is 4.99 Å². The molecule has 0 saturated carbocycles. The standard InChI is InChI=1S/C22H21NO4S/c1-3-26-17-12-10-15(11-13-17)14-18-20(24)19(22(25)27-4-2)21(28-18)23-16-8-6-5-7-9-16/h5-14,24H,3-4H2,1-2H3/b18-14+,23-21?. The molecule has 2 aromatic rings. The Morgan fingerprint density at radius 1 is 1.07 bits per heavy atom. The Balaban J connectivity index is 1.96. The van der Waals surface area contributed by atoms with Crippen molar-refractivity contribution in [3.8, 4) is 5.75 Å². The van der Waals surface area contributed by atoms with Crippen molar-refractivity contribution >= 4 is 34.5 Å². The minimum absolute atomic E-state index is 0.0906. The van der Waals surface area contributed by atoms with Gasteiger partial charge in [-0.25, -0.2) is 9.79 Å². The minimum atomic E-state index is -0.586. The molecule has 5 nitrogen and oxygen atoms in total. The molecular formula is C22H21NO4S. The summed E-state index contributed by atoms with van der Waals surface area (Å²) >= 11 is 1.24. The number of para-hydroxylation sites is 1. The van der Waals surface area contributed by atoms with Crippen LogP contribution in [0.2, 0.25) is 0 Å². The summed E-state index contributed by atoms with van der Waals surface area (Å²) in [5.74, 6) is 0.0753. The van der Waals surface area contributed by atoms with Crippen LogP contribution in [0, 0.1) is 0 Å². The second-order valence-corrected chi connectivity index (χ2v) is 6.84. The van der Waals surface area contributed by atoms with Crippen molar-refractivity contribution in [3.05, 3.63) is 76.4 Å². The van der Waals surface area contributed by atoms with Gasteiger partial charge in [0.2, 0.25) is 0 Å². The maximum absolute atomic E-state index is 12.4. The van der Waals surface area contributed by atoms with E-state index in [1.807, 2.05) is 67.6 Å². The van der Waals surface area contributed by atoms with Crippen LogP contribution in [0.25, 0.3) is 6.08 Å². The van der Waals surface area contributed by atoms with E-state index in [-0.39, 0.29) is 17.9 Å². The van der Waals surface area contributed by atoms with Crippen LogP contribution in [0.15, 0.2) is 75.8 Å². The smallest absolute Gasteiger partial charge is 0.344 e. The Bertz CT molecular complexity index is 931. The van der Waals surface area contributed by atoms with E-state index in [2.05, 4.69) is 4.99 Å². The summed E-state index contributed by atoms with van der Waals surface area (Å²) in [6.07, 6.45) is 1.81. The van der Waals surface area contributed by atoms with Gasteiger partial charge >= 0.3 is 5.97 Å². The molecule has 1 N–H and O–H groups in total. The highest BCUT2D eigenvalue weighted by atomic mass is 32.2. The fourth-order valence-electron chi connectivity index (χ4n) is 2.59. The lowest BCUT2D eigenvalue weighted by Crippen LogP contribution is -2.12. The number of hydrogen-bond donors (Lipinski definition) is 1. The van der Waals surface area contributed by atoms with Gasteiger partial charge in [0.05, 0.1) is 23.8 Å². The SMILES string of the molecule is CCOC(=O)C1=C(O)/C(=C\c2ccc(OCC)cc2)SC1=Nc1ccccc1. The Morgan fingerprint density at radius 2 is 1.79 bits per heavy atom. The van der Waals surface area contributed by atoms with Crippen molar-refractivity contribution in [1.82, 2.24) is 0 Å². The number of esters is 1. The number of hydrogen-bond acceptors (Lipinski definition) is 6. The zero-order chi connectivity index (χ0) is 19.9. The first kappa shape index (κ1) is 19.8. The average molecular weight is 395 g/mol. The third-order valence-corrected chi connectivity index (χ3v) is 4.87. The average Bonchev–Trinajstić information content (AvgIpc) is 2.99. The fourth-order valence-corrected chi connectivity index (χ4v) is 3.63. The molecule has 0 atom stereocenters. The summed E-state index contributed by atoms with van der Waals surface area (Å²) < 4.78 is 10.6. The van der Waals surface area contributed by atoms with Crippen molar-refractivity contribution < 1.29 is 19.4 Å². The van der Waals surface area contributed by atoms with Gasteiger partial charge in [-0.05, 0) is 49.8 Å². The Kier molecular flexibility index (Phi) is 6.55. The second kappa shape index (κ2) is 9.28. The van der Waals surface area contributed by atoms with Crippen LogP contribution in [-0.2, 0) is 9.53 Å². The number of carbonyl (C=O) groups is 1. The van der Waals surface area contributed by atoms with Crippen LogP contribution >= 0.6 is 11.8 Å². The molecule has 0 aliphatic carbocycles. The number of thioether (sulfide) groups is 1. The van der Waals surface area contributed by atoms with Crippen molar-refractivity contribution in [2.75, 3.05) is 13.2 Å². The van der Waals surface area contributed by atoms with Crippen molar-refractivity contribution in [1.29, 1.82) is 0 Å². The minimum Gasteiger partial charge on any atom is -0.506 e. The van der Waals surface area contributed by atoms with Gasteiger partial charge in [0.15, 0.2) is 0 Å². The lowest BCUT2D eigenvalue weighted by atomic mass is 10.1. The molecule has 0 amide bonds. The van der Waals surface area contributed by atoms with Gasteiger partial charge in [0, 0.05) is 0 Å². The van der Waals surface area contributed by atoms with Gasteiger partial charge in [-0.1, -0.05) is 42.1 Å². The van der Waals surface area contributed by atoms with E-state index in [0.29, 0.717) is 22.2 Å². The number of carbonyl (C=O) groups excluding carboxylic acids is 1. The van der Waals surface area contributed by atoms with E-state index in [4.69, 9.17) is 9.47 Å². The first-order chi connectivity index (χ1) is 13.6. The number of ether oxygens (including phenoxy) is 2. The molecule has 0 spiro atoms. The predicted octanol–water partition coefficient (Wildman–Crippen LogP) is 5.28. The summed E-state index contributed by atoms with van der Waals surface area (Å²) in [6, 6.07) is 16.8. The first-order valence-corrected chi connectivity index (χ1v) is 9.81. The summed E-state index contributed by atoms with van der Waals surface area (Å²) in [5.41, 5.74) is 1.66. The normalized spacial score (nSPS) is 16.6. The topological polar surface area (TPSA) is 68.1 Å². The quantitative estimate of drug-likeness (QED) is 0.674. The highest BCUT2D eigenvalue weighted by Gasteiger charge is 2.33. The van der Waals surface area contributed by atoms with Gasteiger partial charge < -0.3 is 14.6 Å². The van der Waals surface area contributed by atoms with Crippen LogP contribution in [0.1, 0.15) is 19.4 Å². The van der Waals surface area contributed by atoms with Crippen molar-refractivity contribution in [3.63, 3.8) is 0 Å². The number of nitrogens with zero attached hydrogens (tertiary/aromatic N) is 1. The molecule has 0 fully saturated rings. The van der Waals surface area contributed by atoms with Crippen LogP contribution < -0.4 is 4.74 Å². The molecule has 6 heteroatoms. The molecule has 2 aromatic carbocycles. The number of aliphatic hydroxyl groups excluding tert-OH is 1. The summed E-state index contributed by atoms with van der Waals surface area (Å²) in [5, 5.41) is 11.1.